The highest BCUT2D eigenvalue weighted by atomic mass is 15.1. The van der Waals surface area contributed by atoms with Crippen LogP contribution in [-0.4, -0.2) is 9.97 Å². The van der Waals surface area contributed by atoms with Crippen LogP contribution in [0.15, 0.2) is 36.5 Å². The topological polar surface area (TPSA) is 61.6 Å². The minimum atomic E-state index is 0.604. The molecular formula is C13H12N4. The van der Waals surface area contributed by atoms with Crippen molar-refractivity contribution in [1.82, 2.24) is 9.97 Å². The molecule has 2 aromatic rings. The van der Waals surface area contributed by atoms with E-state index in [-0.39, 0.29) is 0 Å². The van der Waals surface area contributed by atoms with Gasteiger partial charge in [-0.2, -0.15) is 5.26 Å². The van der Waals surface area contributed by atoms with Gasteiger partial charge in [0.15, 0.2) is 0 Å². The minimum absolute atomic E-state index is 0.604. The molecule has 0 spiro atoms. The molecule has 0 aliphatic heterocycles. The van der Waals surface area contributed by atoms with E-state index < -0.39 is 0 Å². The summed E-state index contributed by atoms with van der Waals surface area (Å²) < 4.78 is 0. The molecule has 4 heteroatoms. The first-order valence-corrected chi connectivity index (χ1v) is 5.30. The third-order valence-electron chi connectivity index (χ3n) is 2.30. The summed E-state index contributed by atoms with van der Waals surface area (Å²) in [5, 5.41) is 11.9. The quantitative estimate of drug-likeness (QED) is 0.868. The Hall–Kier alpha value is -2.41. The third-order valence-corrected chi connectivity index (χ3v) is 2.30. The summed E-state index contributed by atoms with van der Waals surface area (Å²) in [6.07, 6.45) is 1.72. The standard InChI is InChI=1S/C13H12N4/c1-10-5-6-15-13(17-10)16-9-12-4-2-3-11(7-12)8-14/h2-7H,9H2,1H3,(H,15,16,17). The van der Waals surface area contributed by atoms with Crippen molar-refractivity contribution in [2.75, 3.05) is 5.32 Å². The molecule has 0 saturated heterocycles. The Labute approximate surface area is 100.0 Å². The lowest BCUT2D eigenvalue weighted by atomic mass is 10.1. The summed E-state index contributed by atoms with van der Waals surface area (Å²) in [5.41, 5.74) is 2.62. The summed E-state index contributed by atoms with van der Waals surface area (Å²) in [6.45, 7) is 2.53. The molecule has 0 aliphatic carbocycles. The SMILES string of the molecule is Cc1ccnc(NCc2cccc(C#N)c2)n1. The highest BCUT2D eigenvalue weighted by Crippen LogP contribution is 2.06. The van der Waals surface area contributed by atoms with E-state index in [4.69, 9.17) is 5.26 Å². The predicted molar refractivity (Wildman–Crippen MR) is 65.3 cm³/mol. The van der Waals surface area contributed by atoms with E-state index in [1.54, 1.807) is 12.3 Å². The molecule has 84 valence electrons. The van der Waals surface area contributed by atoms with Gasteiger partial charge in [-0.15, -0.1) is 0 Å². The monoisotopic (exact) mass is 224 g/mol. The molecule has 17 heavy (non-hydrogen) atoms. The Kier molecular flexibility index (Phi) is 3.31. The molecule has 4 nitrogen and oxygen atoms in total. The van der Waals surface area contributed by atoms with Crippen LogP contribution in [0.5, 0.6) is 0 Å². The van der Waals surface area contributed by atoms with Gasteiger partial charge < -0.3 is 5.32 Å². The second kappa shape index (κ2) is 5.08. The summed E-state index contributed by atoms with van der Waals surface area (Å²) in [4.78, 5) is 8.35. The molecule has 0 unspecified atom stereocenters. The summed E-state index contributed by atoms with van der Waals surface area (Å²) >= 11 is 0. The molecule has 1 aromatic carbocycles. The van der Waals surface area contributed by atoms with Crippen LogP contribution in [0.1, 0.15) is 16.8 Å². The molecule has 0 aliphatic rings. The van der Waals surface area contributed by atoms with Gasteiger partial charge in [-0.25, -0.2) is 9.97 Å². The highest BCUT2D eigenvalue weighted by Gasteiger charge is 1.98. The van der Waals surface area contributed by atoms with Crippen molar-refractivity contribution in [2.45, 2.75) is 13.5 Å². The van der Waals surface area contributed by atoms with Crippen molar-refractivity contribution in [3.8, 4) is 6.07 Å². The van der Waals surface area contributed by atoms with Gasteiger partial charge in [0.05, 0.1) is 11.6 Å². The smallest absolute Gasteiger partial charge is 0.223 e. The van der Waals surface area contributed by atoms with Crippen LogP contribution >= 0.6 is 0 Å². The first kappa shape index (κ1) is 11.1. The Morgan fingerprint density at radius 1 is 1.35 bits per heavy atom. The number of aromatic nitrogens is 2. The normalized spacial score (nSPS) is 9.65. The predicted octanol–water partition coefficient (Wildman–Crippen LogP) is 2.27. The van der Waals surface area contributed by atoms with Crippen molar-refractivity contribution in [1.29, 1.82) is 5.26 Å². The summed E-state index contributed by atoms with van der Waals surface area (Å²) in [7, 11) is 0. The summed E-state index contributed by atoms with van der Waals surface area (Å²) in [6, 6.07) is 11.4. The van der Waals surface area contributed by atoms with E-state index in [1.165, 1.54) is 0 Å². The number of hydrogen-bond acceptors (Lipinski definition) is 4. The molecule has 0 saturated carbocycles. The lowest BCUT2D eigenvalue weighted by Crippen LogP contribution is -2.04. The Morgan fingerprint density at radius 3 is 3.00 bits per heavy atom. The maximum atomic E-state index is 8.79. The maximum absolute atomic E-state index is 8.79. The van der Waals surface area contributed by atoms with E-state index in [2.05, 4.69) is 21.4 Å². The highest BCUT2D eigenvalue weighted by molar-refractivity contribution is 5.35. The molecule has 1 heterocycles. The molecule has 1 aromatic heterocycles. The van der Waals surface area contributed by atoms with Gasteiger partial charge in [0.1, 0.15) is 0 Å². The van der Waals surface area contributed by atoms with E-state index in [1.807, 2.05) is 31.2 Å². The van der Waals surface area contributed by atoms with Crippen LogP contribution in [0.25, 0.3) is 0 Å². The lowest BCUT2D eigenvalue weighted by Gasteiger charge is -2.05. The van der Waals surface area contributed by atoms with Crippen molar-refractivity contribution in [3.63, 3.8) is 0 Å². The first-order chi connectivity index (χ1) is 8.28. The molecule has 0 atom stereocenters. The second-order valence-electron chi connectivity index (χ2n) is 3.69. The molecule has 0 amide bonds. The van der Waals surface area contributed by atoms with Crippen LogP contribution < -0.4 is 5.32 Å². The van der Waals surface area contributed by atoms with Crippen LogP contribution in [-0.2, 0) is 6.54 Å². The van der Waals surface area contributed by atoms with Gasteiger partial charge >= 0.3 is 0 Å². The van der Waals surface area contributed by atoms with Crippen molar-refractivity contribution in [3.05, 3.63) is 53.3 Å². The number of benzene rings is 1. The van der Waals surface area contributed by atoms with Crippen molar-refractivity contribution in [2.24, 2.45) is 0 Å². The molecule has 0 radical (unpaired) electrons. The van der Waals surface area contributed by atoms with E-state index in [9.17, 15) is 0 Å². The molecule has 0 fully saturated rings. The Bertz CT molecular complexity index is 557. The molecular weight excluding hydrogens is 212 g/mol. The maximum Gasteiger partial charge on any atom is 0.223 e. The van der Waals surface area contributed by atoms with Gasteiger partial charge in [0.25, 0.3) is 0 Å². The zero-order valence-electron chi connectivity index (χ0n) is 9.51. The Morgan fingerprint density at radius 2 is 2.24 bits per heavy atom. The third kappa shape index (κ3) is 3.02. The largest absolute Gasteiger partial charge is 0.350 e. The number of nitrogens with zero attached hydrogens (tertiary/aromatic N) is 3. The van der Waals surface area contributed by atoms with Gasteiger partial charge in [-0.05, 0) is 30.7 Å². The molecule has 0 bridgehead atoms. The van der Waals surface area contributed by atoms with Crippen LogP contribution in [0.2, 0.25) is 0 Å². The molecule has 1 N–H and O–H groups in total. The fourth-order valence-electron chi connectivity index (χ4n) is 1.47. The van der Waals surface area contributed by atoms with E-state index in [0.717, 1.165) is 11.3 Å². The second-order valence-corrected chi connectivity index (χ2v) is 3.69. The fraction of sp³-hybridized carbons (Fsp3) is 0.154. The van der Waals surface area contributed by atoms with Crippen LogP contribution in [0.3, 0.4) is 0 Å². The van der Waals surface area contributed by atoms with Crippen LogP contribution in [0.4, 0.5) is 5.95 Å². The lowest BCUT2D eigenvalue weighted by molar-refractivity contribution is 1.03. The zero-order chi connectivity index (χ0) is 12.1. The number of aryl methyl sites for hydroxylation is 1. The average molecular weight is 224 g/mol. The number of hydrogen-bond donors (Lipinski definition) is 1. The average Bonchev–Trinajstić information content (AvgIpc) is 2.37. The first-order valence-electron chi connectivity index (χ1n) is 5.30. The van der Waals surface area contributed by atoms with Gasteiger partial charge in [0, 0.05) is 18.4 Å². The number of nitriles is 1. The Balaban J connectivity index is 2.05. The fourth-order valence-corrected chi connectivity index (χ4v) is 1.47. The zero-order valence-corrected chi connectivity index (χ0v) is 9.51. The van der Waals surface area contributed by atoms with Crippen molar-refractivity contribution >= 4 is 5.95 Å². The minimum Gasteiger partial charge on any atom is -0.350 e. The van der Waals surface area contributed by atoms with E-state index in [0.29, 0.717) is 18.1 Å². The number of anilines is 1. The number of nitrogens with one attached hydrogen (secondary N) is 1. The van der Waals surface area contributed by atoms with Crippen LogP contribution in [0, 0.1) is 18.3 Å². The van der Waals surface area contributed by atoms with Gasteiger partial charge in [-0.1, -0.05) is 12.1 Å². The van der Waals surface area contributed by atoms with Crippen molar-refractivity contribution < 1.29 is 0 Å². The molecule has 2 rings (SSSR count). The van der Waals surface area contributed by atoms with Gasteiger partial charge in [-0.3, -0.25) is 0 Å². The number of rotatable bonds is 3. The van der Waals surface area contributed by atoms with E-state index >= 15 is 0 Å². The van der Waals surface area contributed by atoms with Gasteiger partial charge in [0.2, 0.25) is 5.95 Å². The summed E-state index contributed by atoms with van der Waals surface area (Å²) in [5.74, 6) is 0.604.